The summed E-state index contributed by atoms with van der Waals surface area (Å²) in [4.78, 5) is 15.1. The lowest BCUT2D eigenvalue weighted by Crippen LogP contribution is -2.57. The van der Waals surface area contributed by atoms with Crippen molar-refractivity contribution in [1.82, 2.24) is 30.0 Å². The van der Waals surface area contributed by atoms with Crippen molar-refractivity contribution in [3.05, 3.63) is 24.4 Å². The number of hydrogen-bond acceptors (Lipinski definition) is 9. The Morgan fingerprint density at radius 2 is 2.11 bits per heavy atom. The van der Waals surface area contributed by atoms with Crippen LogP contribution in [-0.4, -0.2) is 76.4 Å². The van der Waals surface area contributed by atoms with Gasteiger partial charge in [0.2, 0.25) is 5.95 Å². The number of halogens is 2. The number of nitrogens with zero attached hydrogens (tertiary/aromatic N) is 6. The van der Waals surface area contributed by atoms with E-state index in [1.165, 1.54) is 6.33 Å². The van der Waals surface area contributed by atoms with Crippen LogP contribution in [0.4, 0.5) is 11.8 Å². The van der Waals surface area contributed by atoms with E-state index in [9.17, 15) is 8.42 Å². The minimum Gasteiger partial charge on any atom is -0.354 e. The molecule has 2 N–H and O–H groups in total. The molecule has 0 radical (unpaired) electrons. The van der Waals surface area contributed by atoms with Gasteiger partial charge in [0, 0.05) is 45.3 Å². The molecule has 156 valence electrons. The van der Waals surface area contributed by atoms with Crippen LogP contribution >= 0.6 is 24.8 Å². The quantitative estimate of drug-likeness (QED) is 0.631. The first-order valence-electron chi connectivity index (χ1n) is 8.62. The molecular formula is C15H24Cl2N8O2S. The number of aromatic nitrogens is 5. The third-order valence-corrected chi connectivity index (χ3v) is 6.57. The van der Waals surface area contributed by atoms with E-state index in [2.05, 4.69) is 35.6 Å². The highest BCUT2D eigenvalue weighted by atomic mass is 35.5. The molecule has 13 heteroatoms. The number of nitrogens with one attached hydrogen (secondary N) is 2. The van der Waals surface area contributed by atoms with Crippen molar-refractivity contribution in [2.24, 2.45) is 7.05 Å². The monoisotopic (exact) mass is 450 g/mol. The molecule has 0 spiro atoms. The molecule has 2 saturated heterocycles. The molecule has 2 aliphatic heterocycles. The average Bonchev–Trinajstić information content (AvgIpc) is 3.16. The molecule has 0 aromatic carbocycles. The third-order valence-electron chi connectivity index (χ3n) is 4.85. The Morgan fingerprint density at radius 3 is 2.86 bits per heavy atom. The smallest absolute Gasteiger partial charge is 0.224 e. The number of piperazine rings is 1. The van der Waals surface area contributed by atoms with E-state index in [0.717, 1.165) is 24.7 Å². The second-order valence-corrected chi connectivity index (χ2v) is 8.77. The van der Waals surface area contributed by atoms with Gasteiger partial charge in [0.25, 0.3) is 0 Å². The van der Waals surface area contributed by atoms with Crippen molar-refractivity contribution in [1.29, 1.82) is 0 Å². The number of sulfone groups is 1. The lowest BCUT2D eigenvalue weighted by molar-refractivity contribution is 0.423. The zero-order valence-corrected chi connectivity index (χ0v) is 17.8. The Morgan fingerprint density at radius 1 is 1.29 bits per heavy atom. The molecule has 28 heavy (non-hydrogen) atoms. The fourth-order valence-corrected chi connectivity index (χ4v) is 5.53. The predicted octanol–water partition coefficient (Wildman–Crippen LogP) is -0.321. The van der Waals surface area contributed by atoms with Crippen molar-refractivity contribution in [2.45, 2.75) is 18.5 Å². The molecule has 4 heterocycles. The second-order valence-electron chi connectivity index (χ2n) is 6.61. The lowest BCUT2D eigenvalue weighted by atomic mass is 10.1. The summed E-state index contributed by atoms with van der Waals surface area (Å²) in [6.45, 7) is 2.11. The second kappa shape index (κ2) is 9.21. The first kappa shape index (κ1) is 22.6. The summed E-state index contributed by atoms with van der Waals surface area (Å²) in [5, 5.41) is 10.6. The van der Waals surface area contributed by atoms with Crippen LogP contribution < -0.4 is 15.5 Å². The van der Waals surface area contributed by atoms with Gasteiger partial charge in [-0.1, -0.05) is 0 Å². The van der Waals surface area contributed by atoms with E-state index in [1.54, 1.807) is 10.9 Å². The van der Waals surface area contributed by atoms with Crippen LogP contribution in [0.1, 0.15) is 5.82 Å². The normalized spacial score (nSPS) is 22.7. The highest BCUT2D eigenvalue weighted by Gasteiger charge is 2.43. The molecule has 4 rings (SSSR count). The van der Waals surface area contributed by atoms with Crippen LogP contribution in [0.15, 0.2) is 18.6 Å². The summed E-state index contributed by atoms with van der Waals surface area (Å²) >= 11 is 0. The van der Waals surface area contributed by atoms with Gasteiger partial charge in [-0.05, 0) is 6.07 Å². The van der Waals surface area contributed by atoms with Crippen LogP contribution in [0.5, 0.6) is 0 Å². The van der Waals surface area contributed by atoms with Crippen LogP contribution in [-0.2, 0) is 23.3 Å². The van der Waals surface area contributed by atoms with Gasteiger partial charge < -0.3 is 15.5 Å². The van der Waals surface area contributed by atoms with Gasteiger partial charge in [-0.25, -0.2) is 18.4 Å². The topological polar surface area (TPSA) is 118 Å². The number of hydrogen-bond donors (Lipinski definition) is 2. The van der Waals surface area contributed by atoms with Crippen LogP contribution in [0.25, 0.3) is 0 Å². The molecule has 0 bridgehead atoms. The summed E-state index contributed by atoms with van der Waals surface area (Å²) in [6, 6.07) is 1.73. The van der Waals surface area contributed by atoms with Crippen LogP contribution in [0, 0.1) is 0 Å². The Kier molecular flexibility index (Phi) is 7.43. The van der Waals surface area contributed by atoms with Crippen molar-refractivity contribution >= 4 is 46.4 Å². The van der Waals surface area contributed by atoms with Crippen LogP contribution in [0.3, 0.4) is 0 Å². The zero-order valence-electron chi connectivity index (χ0n) is 15.4. The molecule has 2 aromatic rings. The fraction of sp³-hybridized carbons (Fsp3) is 0.600. The minimum atomic E-state index is -3.00. The van der Waals surface area contributed by atoms with Crippen LogP contribution in [0.2, 0.25) is 0 Å². The Labute approximate surface area is 176 Å². The summed E-state index contributed by atoms with van der Waals surface area (Å²) in [5.41, 5.74) is 0. The van der Waals surface area contributed by atoms with Gasteiger partial charge in [0.05, 0.1) is 17.5 Å². The first-order valence-corrected chi connectivity index (χ1v) is 10.4. The highest BCUT2D eigenvalue weighted by Crippen LogP contribution is 2.25. The van der Waals surface area contributed by atoms with Gasteiger partial charge in [0.15, 0.2) is 9.84 Å². The fourth-order valence-electron chi connectivity index (χ4n) is 3.58. The van der Waals surface area contributed by atoms with Crippen molar-refractivity contribution in [3.63, 3.8) is 0 Å². The van der Waals surface area contributed by atoms with E-state index in [1.807, 2.05) is 13.1 Å². The maximum atomic E-state index is 12.0. The van der Waals surface area contributed by atoms with Gasteiger partial charge in [0.1, 0.15) is 18.0 Å². The lowest BCUT2D eigenvalue weighted by Gasteiger charge is -2.38. The number of aryl methyl sites for hydroxylation is 1. The molecule has 0 unspecified atom stereocenters. The molecular weight excluding hydrogens is 427 g/mol. The largest absolute Gasteiger partial charge is 0.354 e. The van der Waals surface area contributed by atoms with Gasteiger partial charge in [-0.2, -0.15) is 10.1 Å². The summed E-state index contributed by atoms with van der Waals surface area (Å²) in [6.07, 6.45) is 3.94. The van der Waals surface area contributed by atoms with Gasteiger partial charge in [-0.3, -0.25) is 4.68 Å². The summed E-state index contributed by atoms with van der Waals surface area (Å²) in [5.74, 6) is 2.54. The average molecular weight is 451 g/mol. The Bertz CT molecular complexity index is 894. The van der Waals surface area contributed by atoms with E-state index in [4.69, 9.17) is 0 Å². The first-order chi connectivity index (χ1) is 12.5. The molecule has 2 atom stereocenters. The summed E-state index contributed by atoms with van der Waals surface area (Å²) < 4.78 is 25.7. The van der Waals surface area contributed by atoms with E-state index in [0.29, 0.717) is 18.9 Å². The highest BCUT2D eigenvalue weighted by molar-refractivity contribution is 7.91. The molecule has 2 aliphatic rings. The molecule has 0 saturated carbocycles. The van der Waals surface area contributed by atoms with Crippen molar-refractivity contribution in [3.8, 4) is 0 Å². The zero-order chi connectivity index (χ0) is 18.1. The molecule has 10 nitrogen and oxygen atoms in total. The SMILES string of the molecule is Cl.Cl.Cn1ncnc1CCNc1nccc(N2CCN[C@H]3CS(=O)(=O)C[C@H]32)n1. The maximum Gasteiger partial charge on any atom is 0.224 e. The maximum absolute atomic E-state index is 12.0. The van der Waals surface area contributed by atoms with Crippen molar-refractivity contribution in [2.75, 3.05) is 41.4 Å². The van der Waals surface area contributed by atoms with E-state index < -0.39 is 9.84 Å². The molecule has 2 aromatic heterocycles. The standard InChI is InChI=1S/C15H22N8O2S.2ClH/c1-22-13(19-10-20-22)2-4-17-15-18-5-3-14(21-15)23-7-6-16-11-8-26(24,25)9-12(11)23;;/h3,5,10-12,16H,2,4,6-9H2,1H3,(H,17,18,21);2*1H/t11-,12+;;/m0../s1. The minimum absolute atomic E-state index is 0. The van der Waals surface area contributed by atoms with E-state index >= 15 is 0 Å². The van der Waals surface area contributed by atoms with Gasteiger partial charge in [-0.15, -0.1) is 24.8 Å². The number of rotatable bonds is 5. The molecule has 0 amide bonds. The van der Waals surface area contributed by atoms with E-state index in [-0.39, 0.29) is 48.4 Å². The number of fused-ring (bicyclic) bond motifs is 1. The van der Waals surface area contributed by atoms with Gasteiger partial charge >= 0.3 is 0 Å². The Hall–Kier alpha value is -1.69. The predicted molar refractivity (Wildman–Crippen MR) is 111 cm³/mol. The molecule has 0 aliphatic carbocycles. The molecule has 2 fully saturated rings. The Balaban J connectivity index is 0.00000140. The van der Waals surface area contributed by atoms with Crippen molar-refractivity contribution < 1.29 is 8.42 Å². The third kappa shape index (κ3) is 4.83. The number of anilines is 2. The summed E-state index contributed by atoms with van der Waals surface area (Å²) in [7, 11) is -1.14.